The van der Waals surface area contributed by atoms with Gasteiger partial charge < -0.3 is 18.9 Å². The van der Waals surface area contributed by atoms with E-state index in [1.165, 1.54) is 12.1 Å². The van der Waals surface area contributed by atoms with Crippen molar-refractivity contribution >= 4 is 129 Å². The number of ketones is 4. The molecule has 440 valence electrons. The molecule has 0 radical (unpaired) electrons. The summed E-state index contributed by atoms with van der Waals surface area (Å²) in [7, 11) is 0. The first kappa shape index (κ1) is 56.2. The van der Waals surface area contributed by atoms with Gasteiger partial charge in [-0.25, -0.2) is 4.99 Å². The Labute approximate surface area is 522 Å². The summed E-state index contributed by atoms with van der Waals surface area (Å²) in [6, 6.07) is 49.5. The Bertz CT molecular complexity index is 4390. The Morgan fingerprint density at radius 2 is 0.921 bits per heavy atom. The fourth-order valence-electron chi connectivity index (χ4n) is 14.4. The number of carbonyl (C=O) groups is 8. The second kappa shape index (κ2) is 22.4. The summed E-state index contributed by atoms with van der Waals surface area (Å²) in [6.07, 6.45) is 6.97. The van der Waals surface area contributed by atoms with E-state index in [2.05, 4.69) is 0 Å². The number of fused-ring (bicyclic) bond motifs is 10. The van der Waals surface area contributed by atoms with Gasteiger partial charge in [0.1, 0.15) is 31.4 Å². The van der Waals surface area contributed by atoms with E-state index in [-0.39, 0.29) is 102 Å². The van der Waals surface area contributed by atoms with Gasteiger partial charge >= 0.3 is 23.9 Å². The predicted octanol–water partition coefficient (Wildman–Crippen LogP) is 14.1. The van der Waals surface area contributed by atoms with Crippen LogP contribution in [0.25, 0.3) is 37.4 Å². The van der Waals surface area contributed by atoms with Crippen molar-refractivity contribution in [1.82, 2.24) is 0 Å². The maximum absolute atomic E-state index is 16.4. The van der Waals surface area contributed by atoms with Gasteiger partial charge in [0.2, 0.25) is 10.8 Å². The zero-order valence-electron chi connectivity index (χ0n) is 47.7. The van der Waals surface area contributed by atoms with Crippen LogP contribution in [-0.2, 0) is 85.0 Å². The van der Waals surface area contributed by atoms with Gasteiger partial charge in [0.25, 0.3) is 0 Å². The molecule has 6 aliphatic carbocycles. The van der Waals surface area contributed by atoms with Crippen LogP contribution in [0, 0.1) is 23.7 Å². The number of benzene rings is 6. The molecule has 89 heavy (non-hydrogen) atoms. The molecule has 15 rings (SSSR count). The molecule has 0 amide bonds. The highest BCUT2D eigenvalue weighted by Crippen LogP contribution is 2.70. The van der Waals surface area contributed by atoms with Crippen LogP contribution in [0.1, 0.15) is 107 Å². The van der Waals surface area contributed by atoms with E-state index in [4.69, 9.17) is 23.9 Å². The minimum atomic E-state index is -2.66. The van der Waals surface area contributed by atoms with E-state index < -0.39 is 58.1 Å². The highest BCUT2D eigenvalue weighted by Gasteiger charge is 2.72. The van der Waals surface area contributed by atoms with Gasteiger partial charge in [-0.3, -0.25) is 38.4 Å². The molecule has 0 saturated heterocycles. The van der Waals surface area contributed by atoms with E-state index in [1.54, 1.807) is 115 Å². The van der Waals surface area contributed by atoms with Gasteiger partial charge in [-0.15, -0.1) is 34.0 Å². The van der Waals surface area contributed by atoms with Crippen molar-refractivity contribution in [3.63, 3.8) is 0 Å². The zero-order chi connectivity index (χ0) is 60.7. The number of rotatable bonds is 14. The quantitative estimate of drug-likeness (QED) is 0.0330. The number of nitrogens with zero attached hydrogens (tertiary/aromatic N) is 1. The van der Waals surface area contributed by atoms with Crippen LogP contribution in [0.15, 0.2) is 180 Å². The van der Waals surface area contributed by atoms with Gasteiger partial charge in [-0.1, -0.05) is 171 Å². The number of carbonyl (C=O) groups excluding carboxylic acids is 8. The second-order valence-corrected chi connectivity index (χ2v) is 26.8. The fourth-order valence-corrected chi connectivity index (χ4v) is 18.4. The van der Waals surface area contributed by atoms with E-state index in [0.29, 0.717) is 56.3 Å². The van der Waals surface area contributed by atoms with E-state index in [0.717, 1.165) is 70.5 Å². The van der Waals surface area contributed by atoms with Crippen LogP contribution in [0.3, 0.4) is 0 Å². The molecule has 13 nitrogen and oxygen atoms in total. The van der Waals surface area contributed by atoms with Crippen molar-refractivity contribution < 1.29 is 57.3 Å². The largest absolute Gasteiger partial charge is 0.459 e. The van der Waals surface area contributed by atoms with Crippen LogP contribution in [0.4, 0.5) is 5.00 Å². The summed E-state index contributed by atoms with van der Waals surface area (Å²) in [5.41, 5.74) is -3.02. The number of hydrogen-bond acceptors (Lipinski definition) is 16. The summed E-state index contributed by atoms with van der Waals surface area (Å²) in [6.45, 7) is -1.29. The van der Waals surface area contributed by atoms with Crippen molar-refractivity contribution in [3.8, 4) is 0 Å². The van der Waals surface area contributed by atoms with Gasteiger partial charge in [0.05, 0.1) is 10.3 Å². The van der Waals surface area contributed by atoms with Crippen LogP contribution in [0.5, 0.6) is 0 Å². The summed E-state index contributed by atoms with van der Waals surface area (Å²) in [5.74, 6) is -6.21. The highest BCUT2D eigenvalue weighted by molar-refractivity contribution is 7.31. The Morgan fingerprint density at radius 3 is 1.38 bits per heavy atom. The first-order chi connectivity index (χ1) is 43.4. The van der Waals surface area contributed by atoms with Crippen LogP contribution in [-0.4, -0.2) is 52.7 Å². The number of thiophene rings is 3. The Hall–Kier alpha value is -9.35. The summed E-state index contributed by atoms with van der Waals surface area (Å²) in [5, 5.41) is 1.78. The third kappa shape index (κ3) is 9.16. The fraction of sp³-hybridized carbons (Fsp3) is 0.219. The molecular weight excluding hydrogens is 1180 g/mol. The number of esters is 4. The van der Waals surface area contributed by atoms with Gasteiger partial charge in [0, 0.05) is 64.6 Å². The molecular formula is C73H53NO12S3. The molecule has 3 saturated carbocycles. The van der Waals surface area contributed by atoms with Crippen molar-refractivity contribution in [2.75, 3.05) is 0 Å². The molecule has 0 spiro atoms. The van der Waals surface area contributed by atoms with Crippen molar-refractivity contribution in [2.45, 2.75) is 75.8 Å². The number of hydrogen-bond donors (Lipinski definition) is 0. The van der Waals surface area contributed by atoms with E-state index in [9.17, 15) is 19.2 Å². The Kier molecular flexibility index (Phi) is 14.1. The van der Waals surface area contributed by atoms with Crippen LogP contribution >= 0.6 is 34.0 Å². The average molecular weight is 1230 g/mol. The van der Waals surface area contributed by atoms with Gasteiger partial charge in [-0.2, -0.15) is 0 Å². The smallest absolute Gasteiger partial charge is 0.333 e. The topological polar surface area (TPSA) is 186 Å². The Balaban J connectivity index is 0.964. The average Bonchev–Trinajstić information content (AvgIpc) is 1.48. The molecule has 3 fully saturated rings. The molecule has 0 bridgehead atoms. The first-order valence-corrected chi connectivity index (χ1v) is 32.2. The third-order valence-electron chi connectivity index (χ3n) is 18.6. The molecule has 4 unspecified atom stereocenters. The lowest BCUT2D eigenvalue weighted by atomic mass is 9.64. The number of aliphatic imine (C=N–C) groups is 1. The summed E-state index contributed by atoms with van der Waals surface area (Å²) < 4.78 is 26.4. The van der Waals surface area contributed by atoms with Crippen molar-refractivity contribution in [2.24, 2.45) is 28.7 Å². The SMILES string of the molecule is O=C1C(=Cc2cc3c(s2)C2=C(c4sc5cc(N=C6C(=O)C7CC8CCCCC8CC7C6=O)sc5c4C2(C(=O)OCc2ccccc2)C(=O)OCc2ccccc2)C3(C(=O)OCc2ccccc2)C(=O)OCc2ccccc2)C(=O)c2cc3ccccc3cc21. The second-order valence-electron chi connectivity index (χ2n) is 23.6. The minimum Gasteiger partial charge on any atom is -0.459 e. The maximum Gasteiger partial charge on any atom is 0.333 e. The molecule has 6 aliphatic rings. The lowest BCUT2D eigenvalue weighted by Crippen LogP contribution is -2.45. The van der Waals surface area contributed by atoms with E-state index in [1.807, 2.05) is 48.5 Å². The lowest BCUT2D eigenvalue weighted by molar-refractivity contribution is -0.165. The predicted molar refractivity (Wildman–Crippen MR) is 339 cm³/mol. The van der Waals surface area contributed by atoms with Gasteiger partial charge in [0.15, 0.2) is 28.8 Å². The van der Waals surface area contributed by atoms with Crippen molar-refractivity contribution in [3.05, 3.63) is 235 Å². The molecule has 16 heteroatoms. The van der Waals surface area contributed by atoms with Gasteiger partial charge in [-0.05, 0) is 88.0 Å². The normalized spacial score (nSPS) is 20.0. The number of ether oxygens (including phenoxy) is 4. The molecule has 0 aliphatic heterocycles. The first-order valence-electron chi connectivity index (χ1n) is 29.7. The molecule has 4 atom stereocenters. The molecule has 0 N–H and O–H groups in total. The summed E-state index contributed by atoms with van der Waals surface area (Å²) >= 11 is 3.12. The van der Waals surface area contributed by atoms with Crippen molar-refractivity contribution in [1.29, 1.82) is 0 Å². The molecule has 6 aromatic carbocycles. The number of allylic oxidation sites excluding steroid dienone is 1. The maximum atomic E-state index is 16.4. The van der Waals surface area contributed by atoms with Crippen LogP contribution in [0.2, 0.25) is 0 Å². The lowest BCUT2D eigenvalue weighted by Gasteiger charge is -2.39. The van der Waals surface area contributed by atoms with Crippen LogP contribution < -0.4 is 0 Å². The van der Waals surface area contributed by atoms with E-state index >= 15 is 19.2 Å². The molecule has 3 heterocycles. The highest BCUT2D eigenvalue weighted by atomic mass is 32.1. The standard InChI is InChI=1S/C73H53NO12S3/c75-61-49-29-44-25-13-14-26-45(44)30-50(49)62(76)53(61)33-48-34-54-65(87-48)57-58(72(54,68(79)83-36-40-17-5-1-6-18-40)69(80)84-37-41-19-7-2-8-20-41)67-59(73(57,70(81)85-38-42-21-9-3-10-22-42)71(82)86-39-43-23-11-4-12-24-43)66-55(88-67)35-56(89-66)74-60-63(77)51-31-46-27-15-16-28-47(46)32-52(51)64(60)78/h1-14,17-26,29-30,33-35,46-47,51-52H,15-16,27-28,31-32,36-39H2. The Morgan fingerprint density at radius 1 is 0.494 bits per heavy atom. The molecule has 3 aromatic heterocycles. The minimum absolute atomic E-state index is 0.0261. The number of Topliss-reactive ketones (excluding diaryl/α,β-unsaturated/α-hetero) is 4. The zero-order valence-corrected chi connectivity index (χ0v) is 50.1. The molecule has 9 aromatic rings. The third-order valence-corrected chi connectivity index (χ3v) is 22.0. The monoisotopic (exact) mass is 1230 g/mol. The summed E-state index contributed by atoms with van der Waals surface area (Å²) in [4.78, 5) is 129.